The van der Waals surface area contributed by atoms with Gasteiger partial charge in [0.25, 0.3) is 0 Å². The molecular formula is C14H25N3O. The van der Waals surface area contributed by atoms with Crippen molar-refractivity contribution in [2.24, 2.45) is 5.73 Å². The van der Waals surface area contributed by atoms with Crippen molar-refractivity contribution >= 4 is 5.91 Å². The predicted octanol–water partition coefficient (Wildman–Crippen LogP) is 2.19. The average molecular weight is 251 g/mol. The lowest BCUT2D eigenvalue weighted by molar-refractivity contribution is -0.134. The molecule has 0 aromatic carbocycles. The van der Waals surface area contributed by atoms with Crippen LogP contribution in [0.2, 0.25) is 0 Å². The Hall–Kier alpha value is -1.08. The Labute approximate surface area is 110 Å². The summed E-state index contributed by atoms with van der Waals surface area (Å²) in [5, 5.41) is 8.64. The summed E-state index contributed by atoms with van der Waals surface area (Å²) < 4.78 is 0. The number of hydrogen-bond donors (Lipinski definition) is 1. The number of amides is 1. The molecule has 0 saturated heterocycles. The molecule has 102 valence electrons. The molecule has 1 fully saturated rings. The smallest absolute Gasteiger partial charge is 0.224 e. The summed E-state index contributed by atoms with van der Waals surface area (Å²) in [6, 6.07) is 2.23. The van der Waals surface area contributed by atoms with E-state index in [1.54, 1.807) is 4.90 Å². The first-order valence-corrected chi connectivity index (χ1v) is 6.94. The number of nitriles is 1. The van der Waals surface area contributed by atoms with Gasteiger partial charge in [0.15, 0.2) is 0 Å². The molecule has 0 aliphatic heterocycles. The summed E-state index contributed by atoms with van der Waals surface area (Å²) in [4.78, 5) is 14.1. The Balaban J connectivity index is 2.57. The molecule has 0 radical (unpaired) electrons. The van der Waals surface area contributed by atoms with Gasteiger partial charge in [-0.3, -0.25) is 4.79 Å². The molecule has 4 nitrogen and oxygen atoms in total. The monoisotopic (exact) mass is 251 g/mol. The standard InChI is InChI=1S/C14H25N3O/c1-12(2)17(10-6-9-15)13(18)11-14(16)7-4-3-5-8-14/h12H,3-8,10-11,16H2,1-2H3. The molecule has 18 heavy (non-hydrogen) atoms. The van der Waals surface area contributed by atoms with Gasteiger partial charge in [0.05, 0.1) is 12.5 Å². The van der Waals surface area contributed by atoms with Gasteiger partial charge in [-0.1, -0.05) is 19.3 Å². The highest BCUT2D eigenvalue weighted by atomic mass is 16.2. The van der Waals surface area contributed by atoms with E-state index in [9.17, 15) is 4.79 Å². The van der Waals surface area contributed by atoms with Crippen molar-refractivity contribution < 1.29 is 4.79 Å². The minimum Gasteiger partial charge on any atom is -0.339 e. The maximum atomic E-state index is 12.3. The second-order valence-corrected chi connectivity index (χ2v) is 5.69. The van der Waals surface area contributed by atoms with Crippen LogP contribution in [-0.4, -0.2) is 28.9 Å². The summed E-state index contributed by atoms with van der Waals surface area (Å²) in [7, 11) is 0. The van der Waals surface area contributed by atoms with Crippen molar-refractivity contribution in [3.63, 3.8) is 0 Å². The lowest BCUT2D eigenvalue weighted by atomic mass is 9.80. The maximum absolute atomic E-state index is 12.3. The van der Waals surface area contributed by atoms with Crippen LogP contribution in [0.4, 0.5) is 0 Å². The number of carbonyl (C=O) groups is 1. The van der Waals surface area contributed by atoms with Gasteiger partial charge in [0.1, 0.15) is 0 Å². The maximum Gasteiger partial charge on any atom is 0.224 e. The molecule has 0 atom stereocenters. The molecule has 1 saturated carbocycles. The summed E-state index contributed by atoms with van der Waals surface area (Å²) in [6.45, 7) is 4.49. The largest absolute Gasteiger partial charge is 0.339 e. The van der Waals surface area contributed by atoms with E-state index in [4.69, 9.17) is 11.0 Å². The van der Waals surface area contributed by atoms with E-state index in [-0.39, 0.29) is 17.5 Å². The molecule has 1 aliphatic rings. The number of nitrogens with zero attached hydrogens (tertiary/aromatic N) is 2. The van der Waals surface area contributed by atoms with Crippen LogP contribution in [0.5, 0.6) is 0 Å². The fourth-order valence-corrected chi connectivity index (χ4v) is 2.68. The number of hydrogen-bond acceptors (Lipinski definition) is 3. The van der Waals surface area contributed by atoms with E-state index in [0.717, 1.165) is 25.7 Å². The zero-order valence-corrected chi connectivity index (χ0v) is 11.6. The highest BCUT2D eigenvalue weighted by Crippen LogP contribution is 2.29. The molecule has 1 amide bonds. The fraction of sp³-hybridized carbons (Fsp3) is 0.857. The van der Waals surface area contributed by atoms with Crippen molar-refractivity contribution in [1.82, 2.24) is 4.90 Å². The van der Waals surface area contributed by atoms with Crippen LogP contribution in [0.25, 0.3) is 0 Å². The first-order valence-electron chi connectivity index (χ1n) is 6.94. The molecule has 4 heteroatoms. The Morgan fingerprint density at radius 1 is 1.39 bits per heavy atom. The fourth-order valence-electron chi connectivity index (χ4n) is 2.68. The van der Waals surface area contributed by atoms with E-state index in [0.29, 0.717) is 19.4 Å². The van der Waals surface area contributed by atoms with Gasteiger partial charge in [0.2, 0.25) is 5.91 Å². The van der Waals surface area contributed by atoms with Gasteiger partial charge in [-0.25, -0.2) is 0 Å². The Morgan fingerprint density at radius 3 is 2.50 bits per heavy atom. The zero-order valence-electron chi connectivity index (χ0n) is 11.6. The minimum absolute atomic E-state index is 0.102. The van der Waals surface area contributed by atoms with Gasteiger partial charge in [-0.05, 0) is 26.7 Å². The van der Waals surface area contributed by atoms with Gasteiger partial charge in [-0.2, -0.15) is 5.26 Å². The lowest BCUT2D eigenvalue weighted by Gasteiger charge is -2.36. The highest BCUT2D eigenvalue weighted by Gasteiger charge is 2.32. The Morgan fingerprint density at radius 2 is 2.00 bits per heavy atom. The predicted molar refractivity (Wildman–Crippen MR) is 71.7 cm³/mol. The highest BCUT2D eigenvalue weighted by molar-refractivity contribution is 5.77. The molecule has 1 aliphatic carbocycles. The minimum atomic E-state index is -0.310. The molecule has 0 bridgehead atoms. The third kappa shape index (κ3) is 4.30. The second kappa shape index (κ2) is 6.75. The van der Waals surface area contributed by atoms with Crippen molar-refractivity contribution in [2.75, 3.05) is 6.54 Å². The first-order chi connectivity index (χ1) is 8.48. The quantitative estimate of drug-likeness (QED) is 0.814. The summed E-state index contributed by atoms with van der Waals surface area (Å²) in [5.74, 6) is 0.102. The van der Waals surface area contributed by atoms with Gasteiger partial charge in [0, 0.05) is 24.5 Å². The van der Waals surface area contributed by atoms with Crippen LogP contribution in [-0.2, 0) is 4.79 Å². The van der Waals surface area contributed by atoms with Crippen molar-refractivity contribution in [3.8, 4) is 6.07 Å². The summed E-state index contributed by atoms with van der Waals surface area (Å²) >= 11 is 0. The van der Waals surface area contributed by atoms with Crippen LogP contribution in [0.1, 0.15) is 58.8 Å². The normalized spacial score (nSPS) is 18.4. The van der Waals surface area contributed by atoms with Crippen LogP contribution in [0, 0.1) is 11.3 Å². The molecule has 2 N–H and O–H groups in total. The lowest BCUT2D eigenvalue weighted by Crippen LogP contribution is -2.48. The van der Waals surface area contributed by atoms with Crippen molar-refractivity contribution in [2.45, 2.75) is 70.4 Å². The van der Waals surface area contributed by atoms with Crippen molar-refractivity contribution in [1.29, 1.82) is 5.26 Å². The van der Waals surface area contributed by atoms with E-state index in [2.05, 4.69) is 6.07 Å². The van der Waals surface area contributed by atoms with E-state index >= 15 is 0 Å². The molecule has 0 heterocycles. The molecule has 0 unspecified atom stereocenters. The van der Waals surface area contributed by atoms with Crippen LogP contribution in [0.15, 0.2) is 0 Å². The van der Waals surface area contributed by atoms with E-state index in [1.807, 2.05) is 13.8 Å². The van der Waals surface area contributed by atoms with Crippen LogP contribution in [0.3, 0.4) is 0 Å². The van der Waals surface area contributed by atoms with E-state index < -0.39 is 0 Å². The van der Waals surface area contributed by atoms with Crippen LogP contribution >= 0.6 is 0 Å². The zero-order chi connectivity index (χ0) is 13.6. The number of carbonyl (C=O) groups excluding carboxylic acids is 1. The van der Waals surface area contributed by atoms with Crippen LogP contribution < -0.4 is 5.73 Å². The molecule has 0 aromatic heterocycles. The van der Waals surface area contributed by atoms with Crippen molar-refractivity contribution in [3.05, 3.63) is 0 Å². The van der Waals surface area contributed by atoms with E-state index in [1.165, 1.54) is 6.42 Å². The summed E-state index contributed by atoms with van der Waals surface area (Å²) in [6.07, 6.45) is 6.20. The third-order valence-corrected chi connectivity index (χ3v) is 3.76. The van der Waals surface area contributed by atoms with Gasteiger partial charge in [-0.15, -0.1) is 0 Å². The number of rotatable bonds is 5. The number of nitrogens with two attached hydrogens (primary N) is 1. The topological polar surface area (TPSA) is 70.1 Å². The van der Waals surface area contributed by atoms with Gasteiger partial charge >= 0.3 is 0 Å². The SMILES string of the molecule is CC(C)N(CCC#N)C(=O)CC1(N)CCCCC1. The second-order valence-electron chi connectivity index (χ2n) is 5.69. The third-order valence-electron chi connectivity index (χ3n) is 3.76. The molecule has 0 spiro atoms. The molecular weight excluding hydrogens is 226 g/mol. The molecule has 1 rings (SSSR count). The Kier molecular flexibility index (Phi) is 5.61. The molecule has 0 aromatic rings. The Bertz CT molecular complexity index is 313. The average Bonchev–Trinajstić information content (AvgIpc) is 2.29. The first kappa shape index (κ1) is 15.0. The summed E-state index contributed by atoms with van der Waals surface area (Å²) in [5.41, 5.74) is 6.00. The van der Waals surface area contributed by atoms with Gasteiger partial charge < -0.3 is 10.6 Å².